The summed E-state index contributed by atoms with van der Waals surface area (Å²) >= 11 is 6.30. The molecule has 13 heteroatoms. The maximum absolute atomic E-state index is 14.1. The average Bonchev–Trinajstić information content (AvgIpc) is 3.21. The van der Waals surface area contributed by atoms with E-state index in [0.29, 0.717) is 29.1 Å². The second-order valence-corrected chi connectivity index (χ2v) is 9.36. The van der Waals surface area contributed by atoms with Crippen LogP contribution >= 0.6 is 11.6 Å². The number of fused-ring (bicyclic) bond motifs is 1. The molecule has 7 nitrogen and oxygen atoms in total. The van der Waals surface area contributed by atoms with E-state index in [9.17, 15) is 31.5 Å². The molecule has 1 aromatic heterocycles. The molecule has 4 N–H and O–H groups in total. The summed E-state index contributed by atoms with van der Waals surface area (Å²) in [5.41, 5.74) is 5.01. The van der Waals surface area contributed by atoms with E-state index >= 15 is 0 Å². The van der Waals surface area contributed by atoms with Gasteiger partial charge in [0.25, 0.3) is 11.8 Å². The Bertz CT molecular complexity index is 1710. The molecule has 40 heavy (non-hydrogen) atoms. The minimum Gasteiger partial charge on any atom is -0.383 e. The van der Waals surface area contributed by atoms with Crippen molar-refractivity contribution in [2.75, 3.05) is 11.1 Å². The molecule has 0 saturated heterocycles. The van der Waals surface area contributed by atoms with Crippen LogP contribution in [-0.2, 0) is 6.18 Å². The topological polar surface area (TPSA) is 110 Å². The van der Waals surface area contributed by atoms with Crippen molar-refractivity contribution in [3.63, 3.8) is 0 Å². The average molecular weight is 574 g/mol. The molecule has 1 unspecified atom stereocenters. The lowest BCUT2D eigenvalue weighted by atomic mass is 9.93. The van der Waals surface area contributed by atoms with Crippen LogP contribution in [0, 0.1) is 18.6 Å². The van der Waals surface area contributed by atoms with Gasteiger partial charge in [-0.05, 0) is 61.0 Å². The minimum atomic E-state index is -4.91. The van der Waals surface area contributed by atoms with E-state index in [1.807, 2.05) is 0 Å². The molecule has 1 aliphatic heterocycles. The van der Waals surface area contributed by atoms with Gasteiger partial charge in [0, 0.05) is 44.7 Å². The van der Waals surface area contributed by atoms with Crippen LogP contribution in [0.15, 0.2) is 54.7 Å². The molecule has 5 rings (SSSR count). The van der Waals surface area contributed by atoms with Crippen LogP contribution in [0.3, 0.4) is 0 Å². The third-order valence-electron chi connectivity index (χ3n) is 6.24. The second-order valence-electron chi connectivity index (χ2n) is 8.95. The third kappa shape index (κ3) is 5.05. The van der Waals surface area contributed by atoms with Crippen molar-refractivity contribution >= 4 is 34.9 Å². The van der Waals surface area contributed by atoms with Gasteiger partial charge in [0.15, 0.2) is 0 Å². The van der Waals surface area contributed by atoms with Crippen LogP contribution in [0.25, 0.3) is 11.1 Å². The summed E-state index contributed by atoms with van der Waals surface area (Å²) in [6.07, 6.45) is -3.50. The molecule has 204 valence electrons. The number of nitrogens with zero attached hydrogens (tertiary/aromatic N) is 2. The number of amides is 2. The largest absolute Gasteiger partial charge is 0.416 e. The zero-order chi connectivity index (χ0) is 28.9. The normalized spacial score (nSPS) is 14.6. The number of alkyl halides is 3. The van der Waals surface area contributed by atoms with E-state index < -0.39 is 46.8 Å². The van der Waals surface area contributed by atoms with Crippen LogP contribution in [0.2, 0.25) is 5.02 Å². The Kier molecular flexibility index (Phi) is 6.66. The maximum Gasteiger partial charge on any atom is 0.416 e. The number of rotatable bonds is 4. The van der Waals surface area contributed by atoms with E-state index in [4.69, 9.17) is 17.3 Å². The van der Waals surface area contributed by atoms with Crippen molar-refractivity contribution in [3.8, 4) is 11.1 Å². The van der Waals surface area contributed by atoms with Gasteiger partial charge in [-0.1, -0.05) is 11.6 Å². The number of nitrogens with two attached hydrogens (primary N) is 1. The standard InChI is InChI=1S/C27H17ClF5N5O2/c1-11-35-10-19(24(34)36-11)12-6-18-22(23(38-26(18)40)17-9-15(29)2-3-20(17)28)21(7-12)37-25(39)13-4-14(27(31,32)33)8-16(30)5-13/h2-10,23H,1H3,(H,37,39)(H,38,40)(H2,34,35,36). The monoisotopic (exact) mass is 573 g/mol. The smallest absolute Gasteiger partial charge is 0.383 e. The summed E-state index contributed by atoms with van der Waals surface area (Å²) < 4.78 is 68.0. The zero-order valence-corrected chi connectivity index (χ0v) is 21.1. The van der Waals surface area contributed by atoms with Gasteiger partial charge in [0.1, 0.15) is 23.3 Å². The number of hydrogen-bond acceptors (Lipinski definition) is 5. The fraction of sp³-hybridized carbons (Fsp3) is 0.111. The molecule has 2 heterocycles. The van der Waals surface area contributed by atoms with Crippen LogP contribution in [-0.4, -0.2) is 21.8 Å². The summed E-state index contributed by atoms with van der Waals surface area (Å²) in [7, 11) is 0. The molecule has 0 aliphatic carbocycles. The highest BCUT2D eigenvalue weighted by atomic mass is 35.5. The SMILES string of the molecule is Cc1ncc(-c2cc(NC(=O)c3cc(F)cc(C(F)(F)F)c3)c3c(c2)C(=O)NC3c2cc(F)ccc2Cl)c(N)n1. The first-order valence-electron chi connectivity index (χ1n) is 11.5. The molecule has 1 aliphatic rings. The Hall–Kier alpha value is -4.58. The maximum atomic E-state index is 14.1. The number of aromatic nitrogens is 2. The van der Waals surface area contributed by atoms with Crippen LogP contribution < -0.4 is 16.4 Å². The van der Waals surface area contributed by atoms with Crippen molar-refractivity contribution in [2.24, 2.45) is 0 Å². The highest BCUT2D eigenvalue weighted by molar-refractivity contribution is 6.31. The summed E-state index contributed by atoms with van der Waals surface area (Å²) in [4.78, 5) is 34.4. The van der Waals surface area contributed by atoms with Crippen LogP contribution in [0.5, 0.6) is 0 Å². The Morgan fingerprint density at radius 1 is 1.05 bits per heavy atom. The van der Waals surface area contributed by atoms with Crippen molar-refractivity contribution in [1.82, 2.24) is 15.3 Å². The van der Waals surface area contributed by atoms with Gasteiger partial charge in [0.05, 0.1) is 11.6 Å². The summed E-state index contributed by atoms with van der Waals surface area (Å²) in [5, 5.41) is 5.27. The van der Waals surface area contributed by atoms with E-state index in [1.54, 1.807) is 6.92 Å². The number of nitrogens with one attached hydrogen (secondary N) is 2. The Labute approximate surface area is 228 Å². The summed E-state index contributed by atoms with van der Waals surface area (Å²) in [6.45, 7) is 1.61. The van der Waals surface area contributed by atoms with Gasteiger partial charge in [-0.3, -0.25) is 9.59 Å². The van der Waals surface area contributed by atoms with E-state index in [2.05, 4.69) is 20.6 Å². The molecule has 0 spiro atoms. The Morgan fingerprint density at radius 2 is 1.80 bits per heavy atom. The first-order chi connectivity index (χ1) is 18.8. The van der Waals surface area contributed by atoms with Crippen molar-refractivity contribution in [3.05, 3.63) is 105 Å². The Morgan fingerprint density at radius 3 is 2.50 bits per heavy atom. The minimum absolute atomic E-state index is 0.0426. The van der Waals surface area contributed by atoms with Crippen LogP contribution in [0.4, 0.5) is 33.5 Å². The van der Waals surface area contributed by atoms with Crippen molar-refractivity contribution in [1.29, 1.82) is 0 Å². The third-order valence-corrected chi connectivity index (χ3v) is 6.59. The number of benzene rings is 3. The number of carbonyl (C=O) groups excluding carboxylic acids is 2. The molecule has 3 aromatic carbocycles. The van der Waals surface area contributed by atoms with E-state index in [-0.39, 0.29) is 39.3 Å². The fourth-order valence-corrected chi connectivity index (χ4v) is 4.68. The highest BCUT2D eigenvalue weighted by Gasteiger charge is 2.36. The van der Waals surface area contributed by atoms with Crippen LogP contribution in [0.1, 0.15) is 49.3 Å². The molecule has 0 saturated carbocycles. The van der Waals surface area contributed by atoms with Gasteiger partial charge < -0.3 is 16.4 Å². The summed E-state index contributed by atoms with van der Waals surface area (Å²) in [5.74, 6) is -3.18. The highest BCUT2D eigenvalue weighted by Crippen LogP contribution is 2.42. The first kappa shape index (κ1) is 27.0. The number of halogens is 6. The molecule has 2 amide bonds. The van der Waals surface area contributed by atoms with E-state index in [0.717, 1.165) is 12.1 Å². The predicted molar refractivity (Wildman–Crippen MR) is 137 cm³/mol. The second kappa shape index (κ2) is 9.87. The molecular weight excluding hydrogens is 557 g/mol. The molecular formula is C27H17ClF5N5O2. The van der Waals surface area contributed by atoms with Gasteiger partial charge in [0.2, 0.25) is 0 Å². The predicted octanol–water partition coefficient (Wildman–Crippen LogP) is 6.07. The summed E-state index contributed by atoms with van der Waals surface area (Å²) in [6, 6.07) is 6.75. The molecule has 4 aromatic rings. The lowest BCUT2D eigenvalue weighted by Gasteiger charge is -2.19. The van der Waals surface area contributed by atoms with Gasteiger partial charge in [-0.2, -0.15) is 13.2 Å². The van der Waals surface area contributed by atoms with E-state index in [1.165, 1.54) is 24.4 Å². The zero-order valence-electron chi connectivity index (χ0n) is 20.3. The number of carbonyl (C=O) groups is 2. The lowest BCUT2D eigenvalue weighted by molar-refractivity contribution is -0.137. The van der Waals surface area contributed by atoms with Crippen molar-refractivity contribution < 1.29 is 31.5 Å². The molecule has 0 fully saturated rings. The number of aryl methyl sites for hydroxylation is 1. The van der Waals surface area contributed by atoms with Gasteiger partial charge >= 0.3 is 6.18 Å². The van der Waals surface area contributed by atoms with Crippen molar-refractivity contribution in [2.45, 2.75) is 19.1 Å². The molecule has 0 radical (unpaired) electrons. The fourth-order valence-electron chi connectivity index (χ4n) is 4.45. The first-order valence-corrected chi connectivity index (χ1v) is 11.9. The Balaban J connectivity index is 1.68. The quantitative estimate of drug-likeness (QED) is 0.257. The number of nitrogen functional groups attached to an aromatic ring is 1. The number of anilines is 2. The number of hydrogen-bond donors (Lipinski definition) is 3. The van der Waals surface area contributed by atoms with Gasteiger partial charge in [-0.25, -0.2) is 18.7 Å². The lowest BCUT2D eigenvalue weighted by Crippen LogP contribution is -2.21. The molecule has 0 bridgehead atoms. The molecule has 1 atom stereocenters. The van der Waals surface area contributed by atoms with Gasteiger partial charge in [-0.15, -0.1) is 0 Å².